The van der Waals surface area contributed by atoms with Gasteiger partial charge in [0.25, 0.3) is 5.91 Å². The summed E-state index contributed by atoms with van der Waals surface area (Å²) < 4.78 is 46.9. The fourth-order valence-corrected chi connectivity index (χ4v) is 3.03. The number of alkyl halides is 3. The lowest BCUT2D eigenvalue weighted by molar-refractivity contribution is -0.274. The van der Waals surface area contributed by atoms with Crippen molar-refractivity contribution in [3.63, 3.8) is 0 Å². The van der Waals surface area contributed by atoms with Gasteiger partial charge in [0.1, 0.15) is 23.1 Å². The third kappa shape index (κ3) is 3.56. The maximum Gasteiger partial charge on any atom is 0.573 e. The van der Waals surface area contributed by atoms with Gasteiger partial charge in [-0.25, -0.2) is 4.79 Å². The zero-order valence-corrected chi connectivity index (χ0v) is 14.5. The number of imide groups is 1. The number of urea groups is 1. The molecule has 9 heteroatoms. The highest BCUT2D eigenvalue weighted by Gasteiger charge is 2.50. The summed E-state index contributed by atoms with van der Waals surface area (Å²) in [7, 11) is 0. The molecule has 6 nitrogen and oxygen atoms in total. The van der Waals surface area contributed by atoms with Gasteiger partial charge in [0.2, 0.25) is 0 Å². The van der Waals surface area contributed by atoms with E-state index in [9.17, 15) is 22.8 Å². The maximum atomic E-state index is 12.4. The first kappa shape index (κ1) is 18.3. The normalized spacial score (nSPS) is 24.9. The van der Waals surface area contributed by atoms with E-state index < -0.39 is 17.9 Å². The Morgan fingerprint density at radius 1 is 1.23 bits per heavy atom. The quantitative estimate of drug-likeness (QED) is 0.825. The van der Waals surface area contributed by atoms with Gasteiger partial charge in [0.05, 0.1) is 0 Å². The summed E-state index contributed by atoms with van der Waals surface area (Å²) in [5, 5.41) is 2.62. The summed E-state index contributed by atoms with van der Waals surface area (Å²) in [6, 6.07) is 3.52. The van der Waals surface area contributed by atoms with Crippen molar-refractivity contribution in [2.45, 2.75) is 57.7 Å². The molecule has 1 aliphatic carbocycles. The van der Waals surface area contributed by atoms with E-state index in [1.54, 1.807) is 19.9 Å². The van der Waals surface area contributed by atoms with Gasteiger partial charge in [-0.15, -0.1) is 13.2 Å². The number of nitrogens with one attached hydrogen (secondary N) is 1. The van der Waals surface area contributed by atoms with Crippen LogP contribution in [0, 0.1) is 6.92 Å². The SMILES string of the molecule is Cc1ccc(O[C@H]2C[C@H](N3C(=O)NC(C)(C)C3=O)C2)cc1OC(F)(F)F. The third-order valence-electron chi connectivity index (χ3n) is 4.51. The van der Waals surface area contributed by atoms with E-state index in [-0.39, 0.29) is 29.6 Å². The van der Waals surface area contributed by atoms with Crippen LogP contribution in [-0.4, -0.2) is 40.9 Å². The molecule has 1 aromatic carbocycles. The van der Waals surface area contributed by atoms with Gasteiger partial charge >= 0.3 is 12.4 Å². The van der Waals surface area contributed by atoms with Gasteiger partial charge in [-0.3, -0.25) is 9.69 Å². The van der Waals surface area contributed by atoms with E-state index in [4.69, 9.17) is 4.74 Å². The van der Waals surface area contributed by atoms with Crippen LogP contribution in [0.2, 0.25) is 0 Å². The standard InChI is InChI=1S/C17H19F3N2O4/c1-9-4-5-11(8-13(9)26-17(18,19)20)25-12-6-10(7-12)22-14(23)16(2,3)21-15(22)24/h4-5,8,10,12H,6-7H2,1-3H3,(H,21,24)/t10-,12-. The molecule has 26 heavy (non-hydrogen) atoms. The molecule has 1 heterocycles. The predicted octanol–water partition coefficient (Wildman–Crippen LogP) is 3.13. The van der Waals surface area contributed by atoms with Gasteiger partial charge in [-0.1, -0.05) is 6.07 Å². The van der Waals surface area contributed by atoms with Crippen LogP contribution >= 0.6 is 0 Å². The Labute approximate surface area is 148 Å². The molecule has 1 saturated carbocycles. The monoisotopic (exact) mass is 372 g/mol. The van der Waals surface area contributed by atoms with E-state index in [2.05, 4.69) is 10.1 Å². The third-order valence-corrected chi connectivity index (χ3v) is 4.51. The van der Waals surface area contributed by atoms with Crippen molar-refractivity contribution >= 4 is 11.9 Å². The first-order chi connectivity index (χ1) is 12.0. The van der Waals surface area contributed by atoms with Crippen molar-refractivity contribution in [3.05, 3.63) is 23.8 Å². The minimum absolute atomic E-state index is 0.246. The Bertz CT molecular complexity index is 742. The molecule has 1 aliphatic heterocycles. The second-order valence-electron chi connectivity index (χ2n) is 7.07. The van der Waals surface area contributed by atoms with Gasteiger partial charge < -0.3 is 14.8 Å². The van der Waals surface area contributed by atoms with Crippen LogP contribution in [0.4, 0.5) is 18.0 Å². The van der Waals surface area contributed by atoms with Gasteiger partial charge in [-0.2, -0.15) is 0 Å². The number of hydrogen-bond donors (Lipinski definition) is 1. The van der Waals surface area contributed by atoms with E-state index in [1.807, 2.05) is 0 Å². The Balaban J connectivity index is 1.60. The van der Waals surface area contributed by atoms with E-state index in [1.165, 1.54) is 24.0 Å². The van der Waals surface area contributed by atoms with Crippen LogP contribution in [-0.2, 0) is 4.79 Å². The number of nitrogens with zero attached hydrogens (tertiary/aromatic N) is 1. The van der Waals surface area contributed by atoms with E-state index >= 15 is 0 Å². The number of ether oxygens (including phenoxy) is 2. The fraction of sp³-hybridized carbons (Fsp3) is 0.529. The molecule has 1 aromatic rings. The lowest BCUT2D eigenvalue weighted by atomic mass is 9.87. The van der Waals surface area contributed by atoms with Gasteiger partial charge in [0, 0.05) is 24.9 Å². The van der Waals surface area contributed by atoms with Crippen molar-refractivity contribution in [2.24, 2.45) is 0 Å². The number of aryl methyl sites for hydroxylation is 1. The summed E-state index contributed by atoms with van der Waals surface area (Å²) in [4.78, 5) is 25.4. The molecular formula is C17H19F3N2O4. The molecular weight excluding hydrogens is 353 g/mol. The van der Waals surface area contributed by atoms with Gasteiger partial charge in [0.15, 0.2) is 0 Å². The molecule has 0 radical (unpaired) electrons. The molecule has 0 unspecified atom stereocenters. The maximum absolute atomic E-state index is 12.4. The van der Waals surface area contributed by atoms with Crippen LogP contribution in [0.25, 0.3) is 0 Å². The molecule has 1 N–H and O–H groups in total. The number of rotatable bonds is 4. The Morgan fingerprint density at radius 2 is 1.88 bits per heavy atom. The number of carbonyl (C=O) groups is 2. The zero-order chi connectivity index (χ0) is 19.3. The number of benzene rings is 1. The Morgan fingerprint density at radius 3 is 2.42 bits per heavy atom. The Kier molecular flexibility index (Phi) is 4.28. The number of halogens is 3. The lowest BCUT2D eigenvalue weighted by Crippen LogP contribution is -2.52. The van der Waals surface area contributed by atoms with Crippen molar-refractivity contribution in [1.82, 2.24) is 10.2 Å². The van der Waals surface area contributed by atoms with Crippen LogP contribution < -0.4 is 14.8 Å². The van der Waals surface area contributed by atoms with Crippen molar-refractivity contribution in [2.75, 3.05) is 0 Å². The molecule has 2 fully saturated rings. The zero-order valence-electron chi connectivity index (χ0n) is 14.5. The highest BCUT2D eigenvalue weighted by Crippen LogP contribution is 2.35. The number of hydrogen-bond acceptors (Lipinski definition) is 4. The second-order valence-corrected chi connectivity index (χ2v) is 7.07. The summed E-state index contributed by atoms with van der Waals surface area (Å²) in [6.07, 6.45) is -4.20. The molecule has 3 amide bonds. The molecule has 0 aromatic heterocycles. The van der Waals surface area contributed by atoms with Crippen LogP contribution in [0.15, 0.2) is 18.2 Å². The smallest absolute Gasteiger partial charge is 0.490 e. The predicted molar refractivity (Wildman–Crippen MR) is 84.8 cm³/mol. The van der Waals surface area contributed by atoms with Crippen molar-refractivity contribution < 1.29 is 32.2 Å². The first-order valence-electron chi connectivity index (χ1n) is 8.15. The number of amides is 3. The molecule has 142 valence electrons. The summed E-state index contributed by atoms with van der Waals surface area (Å²) in [6.45, 7) is 4.77. The molecule has 2 aliphatic rings. The molecule has 0 atom stereocenters. The average Bonchev–Trinajstić information content (AvgIpc) is 2.65. The van der Waals surface area contributed by atoms with Gasteiger partial charge in [-0.05, 0) is 32.4 Å². The molecule has 0 spiro atoms. The first-order valence-corrected chi connectivity index (χ1v) is 8.15. The van der Waals surface area contributed by atoms with E-state index in [0.29, 0.717) is 18.4 Å². The summed E-state index contributed by atoms with van der Waals surface area (Å²) in [5.74, 6) is -0.361. The fourth-order valence-electron chi connectivity index (χ4n) is 3.03. The van der Waals surface area contributed by atoms with Crippen molar-refractivity contribution in [1.29, 1.82) is 0 Å². The molecule has 3 rings (SSSR count). The summed E-state index contributed by atoms with van der Waals surface area (Å²) >= 11 is 0. The molecule has 1 saturated heterocycles. The summed E-state index contributed by atoms with van der Waals surface area (Å²) in [5.41, 5.74) is -0.591. The minimum Gasteiger partial charge on any atom is -0.490 e. The van der Waals surface area contributed by atoms with Crippen LogP contribution in [0.1, 0.15) is 32.3 Å². The highest BCUT2D eigenvalue weighted by atomic mass is 19.4. The largest absolute Gasteiger partial charge is 0.573 e. The van der Waals surface area contributed by atoms with Crippen molar-refractivity contribution in [3.8, 4) is 11.5 Å². The molecule has 0 bridgehead atoms. The lowest BCUT2D eigenvalue weighted by Gasteiger charge is -2.39. The number of carbonyl (C=O) groups excluding carboxylic acids is 2. The Hall–Kier alpha value is -2.45. The van der Waals surface area contributed by atoms with Crippen LogP contribution in [0.3, 0.4) is 0 Å². The topological polar surface area (TPSA) is 67.9 Å². The van der Waals surface area contributed by atoms with E-state index in [0.717, 1.165) is 0 Å². The van der Waals surface area contributed by atoms with Crippen LogP contribution in [0.5, 0.6) is 11.5 Å². The minimum atomic E-state index is -4.78. The average molecular weight is 372 g/mol. The highest BCUT2D eigenvalue weighted by molar-refractivity contribution is 6.06. The second kappa shape index (κ2) is 6.07.